The van der Waals surface area contributed by atoms with E-state index in [1.165, 1.54) is 4.70 Å². The molecule has 108 valence electrons. The van der Waals surface area contributed by atoms with Crippen LogP contribution in [0, 0.1) is 0 Å². The second-order valence-electron chi connectivity index (χ2n) is 5.00. The van der Waals surface area contributed by atoms with E-state index in [-0.39, 0.29) is 11.9 Å². The molecule has 1 atom stereocenters. The first-order valence-electron chi connectivity index (χ1n) is 6.87. The number of amides is 1. The van der Waals surface area contributed by atoms with Crippen molar-refractivity contribution in [1.29, 1.82) is 0 Å². The zero-order valence-corrected chi connectivity index (χ0v) is 13.3. The number of nitrogens with zero attached hydrogens (tertiary/aromatic N) is 1. The minimum atomic E-state index is 0.0751. The average molecular weight is 316 g/mol. The Kier molecular flexibility index (Phi) is 4.31. The summed E-state index contributed by atoms with van der Waals surface area (Å²) in [5.41, 5.74) is 1.04. The molecule has 2 heterocycles. The van der Waals surface area contributed by atoms with Crippen molar-refractivity contribution in [1.82, 2.24) is 10.3 Å². The van der Waals surface area contributed by atoms with E-state index in [9.17, 15) is 4.79 Å². The van der Waals surface area contributed by atoms with E-state index in [4.69, 9.17) is 0 Å². The first kappa shape index (κ1) is 14.2. The predicted octanol–water partition coefficient (Wildman–Crippen LogP) is 3.65. The highest BCUT2D eigenvalue weighted by Crippen LogP contribution is 2.22. The summed E-state index contributed by atoms with van der Waals surface area (Å²) in [6, 6.07) is 12.2. The summed E-state index contributed by atoms with van der Waals surface area (Å²) in [6.45, 7) is 2.03. The van der Waals surface area contributed by atoms with E-state index in [0.29, 0.717) is 6.42 Å². The van der Waals surface area contributed by atoms with Crippen molar-refractivity contribution in [2.45, 2.75) is 25.8 Å². The number of rotatable bonds is 5. The lowest BCUT2D eigenvalue weighted by Crippen LogP contribution is -2.34. The number of carbonyl (C=O) groups is 1. The number of fused-ring (bicyclic) bond motifs is 1. The molecular weight excluding hydrogens is 300 g/mol. The molecule has 1 N–H and O–H groups in total. The molecule has 3 nitrogen and oxygen atoms in total. The highest BCUT2D eigenvalue weighted by molar-refractivity contribution is 7.18. The van der Waals surface area contributed by atoms with Gasteiger partial charge in [-0.25, -0.2) is 4.98 Å². The fourth-order valence-corrected chi connectivity index (χ4v) is 4.02. The number of hydrogen-bond donors (Lipinski definition) is 1. The van der Waals surface area contributed by atoms with Gasteiger partial charge in [-0.15, -0.1) is 22.7 Å². The number of thiazole rings is 1. The fourth-order valence-electron chi connectivity index (χ4n) is 2.22. The van der Waals surface area contributed by atoms with E-state index >= 15 is 0 Å². The molecular formula is C16H16N2OS2. The normalized spacial score (nSPS) is 12.4. The number of nitrogens with one attached hydrogen (secondary N) is 1. The monoisotopic (exact) mass is 316 g/mol. The van der Waals surface area contributed by atoms with Gasteiger partial charge in [-0.05, 0) is 30.5 Å². The second-order valence-corrected chi connectivity index (χ2v) is 7.15. The van der Waals surface area contributed by atoms with Crippen molar-refractivity contribution in [2.24, 2.45) is 0 Å². The van der Waals surface area contributed by atoms with Crippen LogP contribution in [-0.2, 0) is 17.6 Å². The van der Waals surface area contributed by atoms with E-state index in [0.717, 1.165) is 21.8 Å². The molecule has 2 aromatic heterocycles. The quantitative estimate of drug-likeness (QED) is 0.781. The van der Waals surface area contributed by atoms with Crippen molar-refractivity contribution in [2.75, 3.05) is 0 Å². The molecule has 1 aromatic carbocycles. The summed E-state index contributed by atoms with van der Waals surface area (Å²) in [5.74, 6) is 0.0751. The van der Waals surface area contributed by atoms with E-state index in [1.807, 2.05) is 42.6 Å². The molecule has 0 saturated heterocycles. The van der Waals surface area contributed by atoms with E-state index < -0.39 is 0 Å². The van der Waals surface area contributed by atoms with Crippen LogP contribution in [-0.4, -0.2) is 16.9 Å². The first-order chi connectivity index (χ1) is 10.2. The Balaban J connectivity index is 1.58. The molecule has 0 aliphatic heterocycles. The van der Waals surface area contributed by atoms with Gasteiger partial charge in [-0.2, -0.15) is 0 Å². The number of aromatic nitrogens is 1. The highest BCUT2D eigenvalue weighted by atomic mass is 32.1. The Labute approximate surface area is 131 Å². The molecule has 0 unspecified atom stereocenters. The SMILES string of the molecule is C[C@@H](Cc1nc2ccccc2s1)NC(=O)Cc1cccs1. The summed E-state index contributed by atoms with van der Waals surface area (Å²) in [5, 5.41) is 6.11. The summed E-state index contributed by atoms with van der Waals surface area (Å²) >= 11 is 3.31. The minimum Gasteiger partial charge on any atom is -0.353 e. The molecule has 21 heavy (non-hydrogen) atoms. The van der Waals surface area contributed by atoms with Crippen molar-refractivity contribution in [3.63, 3.8) is 0 Å². The molecule has 0 aliphatic rings. The van der Waals surface area contributed by atoms with Crippen LogP contribution in [0.1, 0.15) is 16.8 Å². The van der Waals surface area contributed by atoms with Gasteiger partial charge in [0.05, 0.1) is 21.6 Å². The van der Waals surface area contributed by atoms with Crippen LogP contribution in [0.3, 0.4) is 0 Å². The highest BCUT2D eigenvalue weighted by Gasteiger charge is 2.12. The lowest BCUT2D eigenvalue weighted by atomic mass is 10.2. The van der Waals surface area contributed by atoms with Crippen LogP contribution in [0.2, 0.25) is 0 Å². The second kappa shape index (κ2) is 6.37. The largest absolute Gasteiger partial charge is 0.353 e. The molecule has 0 saturated carbocycles. The van der Waals surface area contributed by atoms with Crippen LogP contribution in [0.25, 0.3) is 10.2 Å². The van der Waals surface area contributed by atoms with Gasteiger partial charge in [0, 0.05) is 17.3 Å². The van der Waals surface area contributed by atoms with Crippen molar-refractivity contribution >= 4 is 38.8 Å². The number of thiophene rings is 1. The van der Waals surface area contributed by atoms with E-state index in [2.05, 4.69) is 16.4 Å². The molecule has 0 spiro atoms. The van der Waals surface area contributed by atoms with Crippen LogP contribution in [0.15, 0.2) is 41.8 Å². The maximum atomic E-state index is 12.0. The lowest BCUT2D eigenvalue weighted by molar-refractivity contribution is -0.120. The summed E-state index contributed by atoms with van der Waals surface area (Å²) in [7, 11) is 0. The lowest BCUT2D eigenvalue weighted by Gasteiger charge is -2.11. The zero-order chi connectivity index (χ0) is 14.7. The first-order valence-corrected chi connectivity index (χ1v) is 8.56. The maximum absolute atomic E-state index is 12.0. The summed E-state index contributed by atoms with van der Waals surface area (Å²) < 4.78 is 1.20. The number of benzene rings is 1. The van der Waals surface area contributed by atoms with Gasteiger partial charge in [-0.3, -0.25) is 4.79 Å². The summed E-state index contributed by atoms with van der Waals surface area (Å²) in [4.78, 5) is 17.7. The molecule has 0 bridgehead atoms. The summed E-state index contributed by atoms with van der Waals surface area (Å²) in [6.07, 6.45) is 1.23. The third kappa shape index (κ3) is 3.68. The minimum absolute atomic E-state index is 0.0751. The topological polar surface area (TPSA) is 42.0 Å². The van der Waals surface area contributed by atoms with Gasteiger partial charge in [0.25, 0.3) is 0 Å². The smallest absolute Gasteiger partial charge is 0.225 e. The average Bonchev–Trinajstić information content (AvgIpc) is 3.06. The van der Waals surface area contributed by atoms with Crippen molar-refractivity contribution < 1.29 is 4.79 Å². The number of para-hydroxylation sites is 1. The van der Waals surface area contributed by atoms with E-state index in [1.54, 1.807) is 22.7 Å². The third-order valence-electron chi connectivity index (χ3n) is 3.14. The molecule has 3 aromatic rings. The maximum Gasteiger partial charge on any atom is 0.225 e. The van der Waals surface area contributed by atoms with Gasteiger partial charge in [0.2, 0.25) is 5.91 Å². The number of carbonyl (C=O) groups excluding carboxylic acids is 1. The van der Waals surface area contributed by atoms with Gasteiger partial charge in [0.15, 0.2) is 0 Å². The molecule has 1 amide bonds. The van der Waals surface area contributed by atoms with Gasteiger partial charge < -0.3 is 5.32 Å². The van der Waals surface area contributed by atoms with Gasteiger partial charge in [0.1, 0.15) is 0 Å². The van der Waals surface area contributed by atoms with Crippen molar-refractivity contribution in [3.8, 4) is 0 Å². The Morgan fingerprint density at radius 3 is 2.90 bits per heavy atom. The van der Waals surface area contributed by atoms with Gasteiger partial charge >= 0.3 is 0 Å². The number of hydrogen-bond acceptors (Lipinski definition) is 4. The Morgan fingerprint density at radius 1 is 1.29 bits per heavy atom. The van der Waals surface area contributed by atoms with Crippen LogP contribution in [0.4, 0.5) is 0 Å². The fraction of sp³-hybridized carbons (Fsp3) is 0.250. The van der Waals surface area contributed by atoms with Crippen molar-refractivity contribution in [3.05, 3.63) is 51.7 Å². The molecule has 3 rings (SSSR count). The Hall–Kier alpha value is -1.72. The molecule has 0 aliphatic carbocycles. The Bertz CT molecular complexity index is 701. The Morgan fingerprint density at radius 2 is 2.14 bits per heavy atom. The standard InChI is InChI=1S/C16H16N2OS2/c1-11(17-15(19)10-12-5-4-8-20-12)9-16-18-13-6-2-3-7-14(13)21-16/h2-8,11H,9-10H2,1H3,(H,17,19)/t11-/m0/s1. The predicted molar refractivity (Wildman–Crippen MR) is 89.0 cm³/mol. The molecule has 0 radical (unpaired) electrons. The van der Waals surface area contributed by atoms with Crippen LogP contribution in [0.5, 0.6) is 0 Å². The van der Waals surface area contributed by atoms with Gasteiger partial charge in [-0.1, -0.05) is 18.2 Å². The zero-order valence-electron chi connectivity index (χ0n) is 11.7. The van der Waals surface area contributed by atoms with Crippen LogP contribution < -0.4 is 5.32 Å². The molecule has 5 heteroatoms. The van der Waals surface area contributed by atoms with Crippen LogP contribution >= 0.6 is 22.7 Å². The third-order valence-corrected chi connectivity index (χ3v) is 5.08. The molecule has 0 fully saturated rings.